The number of ketones is 1. The average Bonchev–Trinajstić information content (AvgIpc) is 2.92. The number of benzene rings is 4. The van der Waals surface area contributed by atoms with Crippen LogP contribution in [0.5, 0.6) is 11.5 Å². The standard InChI is InChI=1S/C31H29O4P/c1-24(32)35-30-21-19-25(22-31(30)34-2)18-20-26(33)23-36(27-12-6-3-7-13-27,28-14-8-4-9-15-28)29-16-10-5-11-17-29/h3-17,19,21-23H,18,20H2,1-2H3. The van der Waals surface area contributed by atoms with Gasteiger partial charge in [0.05, 0.1) is 7.11 Å². The molecule has 0 spiro atoms. The second-order valence-corrected chi connectivity index (χ2v) is 11.7. The van der Waals surface area contributed by atoms with E-state index in [1.807, 2.05) is 72.5 Å². The van der Waals surface area contributed by atoms with Gasteiger partial charge >= 0.3 is 5.97 Å². The lowest BCUT2D eigenvalue weighted by molar-refractivity contribution is -0.132. The lowest BCUT2D eigenvalue weighted by Gasteiger charge is -2.28. The molecule has 0 aliphatic heterocycles. The monoisotopic (exact) mass is 496 g/mol. The summed E-state index contributed by atoms with van der Waals surface area (Å²) in [5.74, 6) is 2.49. The number of rotatable bonds is 9. The van der Waals surface area contributed by atoms with Gasteiger partial charge in [-0.25, -0.2) is 0 Å². The molecule has 0 unspecified atom stereocenters. The smallest absolute Gasteiger partial charge is 0.308 e. The molecule has 4 aromatic carbocycles. The molecule has 0 atom stereocenters. The van der Waals surface area contributed by atoms with Crippen molar-refractivity contribution in [3.8, 4) is 11.5 Å². The number of hydrogen-bond donors (Lipinski definition) is 0. The number of Topliss-reactive ketones (excluding diaryl/α,β-unsaturated/α-hetero) is 1. The largest absolute Gasteiger partial charge is 0.493 e. The van der Waals surface area contributed by atoms with Gasteiger partial charge in [0.1, 0.15) is 0 Å². The van der Waals surface area contributed by atoms with Crippen molar-refractivity contribution in [3.63, 3.8) is 0 Å². The van der Waals surface area contributed by atoms with Crippen molar-refractivity contribution in [1.82, 2.24) is 0 Å². The molecule has 0 bridgehead atoms. The number of carbonyl (C=O) groups is 2. The molecule has 4 aromatic rings. The minimum Gasteiger partial charge on any atom is -0.493 e. The molecule has 182 valence electrons. The minimum atomic E-state index is -2.33. The van der Waals surface area contributed by atoms with Gasteiger partial charge in [-0.2, -0.15) is 0 Å². The summed E-state index contributed by atoms with van der Waals surface area (Å²) >= 11 is 0. The average molecular weight is 497 g/mol. The predicted octanol–water partition coefficient (Wildman–Crippen LogP) is 4.92. The molecule has 0 N–H and O–H groups in total. The van der Waals surface area contributed by atoms with Gasteiger partial charge in [-0.1, -0.05) is 97.1 Å². The Morgan fingerprint density at radius 1 is 0.722 bits per heavy atom. The predicted molar refractivity (Wildman–Crippen MR) is 149 cm³/mol. The van der Waals surface area contributed by atoms with Crippen molar-refractivity contribution in [2.24, 2.45) is 0 Å². The van der Waals surface area contributed by atoms with E-state index in [1.54, 1.807) is 6.07 Å². The van der Waals surface area contributed by atoms with Crippen LogP contribution in [0.3, 0.4) is 0 Å². The molecule has 0 amide bonds. The van der Waals surface area contributed by atoms with Gasteiger partial charge < -0.3 is 9.47 Å². The highest BCUT2D eigenvalue weighted by Gasteiger charge is 2.26. The van der Waals surface area contributed by atoms with E-state index in [0.717, 1.165) is 21.5 Å². The maximum absolute atomic E-state index is 13.6. The van der Waals surface area contributed by atoms with Crippen LogP contribution in [-0.4, -0.2) is 24.7 Å². The van der Waals surface area contributed by atoms with E-state index in [4.69, 9.17) is 9.47 Å². The van der Waals surface area contributed by atoms with Crippen molar-refractivity contribution < 1.29 is 19.1 Å². The van der Waals surface area contributed by atoms with Crippen LogP contribution in [0.2, 0.25) is 0 Å². The van der Waals surface area contributed by atoms with Crippen molar-refractivity contribution in [2.75, 3.05) is 7.11 Å². The van der Waals surface area contributed by atoms with Gasteiger partial charge in [0.2, 0.25) is 0 Å². The summed E-state index contributed by atoms with van der Waals surface area (Å²) in [6.45, 7) is -0.976. The Labute approximate surface area is 212 Å². The van der Waals surface area contributed by atoms with E-state index in [1.165, 1.54) is 14.0 Å². The Morgan fingerprint density at radius 3 is 1.67 bits per heavy atom. The Bertz CT molecular complexity index is 1280. The second-order valence-electron chi connectivity index (χ2n) is 8.40. The highest BCUT2D eigenvalue weighted by atomic mass is 31.2. The SMILES string of the molecule is COc1cc(CCC(=O)C=P(c2ccccc2)(c2ccccc2)c2ccccc2)ccc1OC(C)=O. The molecule has 0 radical (unpaired) electrons. The van der Waals surface area contributed by atoms with Crippen LogP contribution < -0.4 is 25.4 Å². The van der Waals surface area contributed by atoms with Crippen LogP contribution in [0.25, 0.3) is 0 Å². The van der Waals surface area contributed by atoms with Crippen LogP contribution in [0.1, 0.15) is 18.9 Å². The fourth-order valence-electron chi connectivity index (χ4n) is 4.31. The molecule has 0 fully saturated rings. The number of hydrogen-bond acceptors (Lipinski definition) is 4. The number of methoxy groups -OCH3 is 1. The second kappa shape index (κ2) is 11.7. The van der Waals surface area contributed by atoms with Crippen molar-refractivity contribution in [2.45, 2.75) is 19.8 Å². The van der Waals surface area contributed by atoms with Crippen LogP contribution >= 0.6 is 6.89 Å². The van der Waals surface area contributed by atoms with Gasteiger partial charge in [-0.05, 0) is 52.7 Å². The normalized spacial score (nSPS) is 10.9. The number of esters is 1. The first-order chi connectivity index (χ1) is 17.5. The number of ether oxygens (including phenoxy) is 2. The Hall–Kier alpha value is -3.88. The first kappa shape index (κ1) is 25.2. The molecule has 5 heteroatoms. The van der Waals surface area contributed by atoms with E-state index in [2.05, 4.69) is 36.4 Å². The van der Waals surface area contributed by atoms with Crippen LogP contribution in [-0.2, 0) is 16.0 Å². The van der Waals surface area contributed by atoms with Crippen LogP contribution in [0, 0.1) is 0 Å². The van der Waals surface area contributed by atoms with E-state index in [0.29, 0.717) is 24.3 Å². The number of carbonyl (C=O) groups excluding carboxylic acids is 2. The molecule has 0 aliphatic carbocycles. The zero-order valence-corrected chi connectivity index (χ0v) is 21.4. The molecule has 0 aromatic heterocycles. The van der Waals surface area contributed by atoms with E-state index >= 15 is 0 Å². The van der Waals surface area contributed by atoms with Crippen molar-refractivity contribution >= 4 is 40.3 Å². The fraction of sp³-hybridized carbons (Fsp3) is 0.129. The quantitative estimate of drug-likeness (QED) is 0.188. The molecule has 0 aliphatic rings. The van der Waals surface area contributed by atoms with E-state index in [9.17, 15) is 9.59 Å². The van der Waals surface area contributed by atoms with Crippen LogP contribution in [0.4, 0.5) is 0 Å². The molecule has 0 saturated heterocycles. The maximum Gasteiger partial charge on any atom is 0.308 e. The lowest BCUT2D eigenvalue weighted by atomic mass is 10.1. The van der Waals surface area contributed by atoms with Gasteiger partial charge in [0.25, 0.3) is 0 Å². The zero-order valence-electron chi connectivity index (χ0n) is 20.5. The molecule has 4 rings (SSSR count). The minimum absolute atomic E-state index is 0.0860. The molecule has 4 nitrogen and oxygen atoms in total. The fourth-order valence-corrected chi connectivity index (χ4v) is 8.14. The molecule has 0 heterocycles. The Morgan fingerprint density at radius 2 is 1.22 bits per heavy atom. The van der Waals surface area contributed by atoms with Gasteiger partial charge in [0.15, 0.2) is 17.3 Å². The third kappa shape index (κ3) is 5.67. The molecule has 0 saturated carbocycles. The van der Waals surface area contributed by atoms with Crippen LogP contribution in [0.15, 0.2) is 109 Å². The lowest BCUT2D eigenvalue weighted by Crippen LogP contribution is -2.28. The topological polar surface area (TPSA) is 52.6 Å². The first-order valence-corrected chi connectivity index (χ1v) is 13.7. The van der Waals surface area contributed by atoms with Crippen molar-refractivity contribution in [3.05, 3.63) is 115 Å². The summed E-state index contributed by atoms with van der Waals surface area (Å²) in [5.41, 5.74) is 0.938. The van der Waals surface area contributed by atoms with E-state index in [-0.39, 0.29) is 5.78 Å². The third-order valence-corrected chi connectivity index (χ3v) is 9.98. The van der Waals surface area contributed by atoms with Gasteiger partial charge in [0, 0.05) is 13.3 Å². The zero-order chi connectivity index (χ0) is 25.4. The number of aryl methyl sites for hydroxylation is 1. The Kier molecular flexibility index (Phi) is 8.20. The summed E-state index contributed by atoms with van der Waals surface area (Å²) in [6, 6.07) is 36.3. The summed E-state index contributed by atoms with van der Waals surface area (Å²) in [4.78, 5) is 24.9. The maximum atomic E-state index is 13.6. The highest BCUT2D eigenvalue weighted by Crippen LogP contribution is 2.43. The highest BCUT2D eigenvalue weighted by molar-refractivity contribution is 7.95. The van der Waals surface area contributed by atoms with Gasteiger partial charge in [-0.15, -0.1) is 0 Å². The molecule has 36 heavy (non-hydrogen) atoms. The van der Waals surface area contributed by atoms with Gasteiger partial charge in [-0.3, -0.25) is 9.59 Å². The summed E-state index contributed by atoms with van der Waals surface area (Å²) in [6.07, 6.45) is 0.898. The van der Waals surface area contributed by atoms with E-state index < -0.39 is 12.9 Å². The molecular weight excluding hydrogens is 467 g/mol. The summed E-state index contributed by atoms with van der Waals surface area (Å²) < 4.78 is 10.6. The Balaban J connectivity index is 1.74. The van der Waals surface area contributed by atoms with Crippen molar-refractivity contribution in [1.29, 1.82) is 0 Å². The third-order valence-electron chi connectivity index (χ3n) is 5.97. The summed E-state index contributed by atoms with van der Waals surface area (Å²) in [7, 11) is 1.53. The summed E-state index contributed by atoms with van der Waals surface area (Å²) in [5, 5.41) is 3.43. The molecular formula is C31H29O4P. The first-order valence-electron chi connectivity index (χ1n) is 11.8.